The Morgan fingerprint density at radius 1 is 1.30 bits per heavy atom. The van der Waals surface area contributed by atoms with Crippen molar-refractivity contribution >= 4 is 11.5 Å². The Morgan fingerprint density at radius 3 is 2.87 bits per heavy atom. The zero-order valence-corrected chi connectivity index (χ0v) is 17.4. The average Bonchev–Trinajstić information content (AvgIpc) is 3.13. The molecule has 0 saturated carbocycles. The molecule has 160 valence electrons. The molecule has 4 rings (SSSR count). The summed E-state index contributed by atoms with van der Waals surface area (Å²) < 4.78 is 36.2. The van der Waals surface area contributed by atoms with Gasteiger partial charge >= 0.3 is 0 Å². The Hall–Kier alpha value is -2.81. The number of ether oxygens (including phenoxy) is 1. The van der Waals surface area contributed by atoms with Gasteiger partial charge in [-0.25, -0.2) is 23.3 Å². The van der Waals surface area contributed by atoms with E-state index in [1.54, 1.807) is 13.2 Å². The third-order valence-corrected chi connectivity index (χ3v) is 5.49. The lowest BCUT2D eigenvalue weighted by Crippen LogP contribution is -2.46. The van der Waals surface area contributed by atoms with Crippen molar-refractivity contribution in [3.63, 3.8) is 0 Å². The fourth-order valence-electron chi connectivity index (χ4n) is 3.85. The first kappa shape index (κ1) is 20.5. The summed E-state index contributed by atoms with van der Waals surface area (Å²) in [6, 6.07) is 2.80. The molecule has 1 saturated heterocycles. The number of hydrogen-bond donors (Lipinski definition) is 2. The predicted octanol–water partition coefficient (Wildman–Crippen LogP) is 3.58. The highest BCUT2D eigenvalue weighted by Gasteiger charge is 2.24. The third-order valence-electron chi connectivity index (χ3n) is 5.49. The standard InChI is InChI=1S/C21H26F2N6O/c1-4-6-16-18(30-3)10-19-25-11-17(29(19)28-16)20-13(22)9-14(23)21(27-20)26-15-7-5-8-24-12(15)2/h9-12,15,24H,4-8H2,1-3H3,(H,26,27)/t12-,15?/m1/s1. The van der Waals surface area contributed by atoms with Crippen molar-refractivity contribution in [2.24, 2.45) is 0 Å². The van der Waals surface area contributed by atoms with Gasteiger partial charge in [0.2, 0.25) is 0 Å². The molecule has 1 fully saturated rings. The number of imidazole rings is 1. The fraction of sp³-hybridized carbons (Fsp3) is 0.476. The van der Waals surface area contributed by atoms with Gasteiger partial charge in [-0.3, -0.25) is 0 Å². The van der Waals surface area contributed by atoms with Crippen molar-refractivity contribution in [1.29, 1.82) is 0 Å². The molecule has 30 heavy (non-hydrogen) atoms. The average molecular weight is 416 g/mol. The maximum absolute atomic E-state index is 14.7. The van der Waals surface area contributed by atoms with Crippen molar-refractivity contribution in [2.45, 2.75) is 51.6 Å². The van der Waals surface area contributed by atoms with Crippen LogP contribution in [0.5, 0.6) is 5.75 Å². The maximum Gasteiger partial charge on any atom is 0.168 e. The minimum Gasteiger partial charge on any atom is -0.495 e. The summed E-state index contributed by atoms with van der Waals surface area (Å²) in [6.07, 6.45) is 4.95. The van der Waals surface area contributed by atoms with Gasteiger partial charge in [-0.2, -0.15) is 5.10 Å². The van der Waals surface area contributed by atoms with Crippen molar-refractivity contribution < 1.29 is 13.5 Å². The molecule has 2 atom stereocenters. The molecule has 0 amide bonds. The lowest BCUT2D eigenvalue weighted by molar-refractivity contribution is 0.387. The van der Waals surface area contributed by atoms with E-state index in [0.29, 0.717) is 23.5 Å². The van der Waals surface area contributed by atoms with Crippen LogP contribution < -0.4 is 15.4 Å². The van der Waals surface area contributed by atoms with E-state index < -0.39 is 11.6 Å². The summed E-state index contributed by atoms with van der Waals surface area (Å²) in [6.45, 7) is 5.01. The smallest absolute Gasteiger partial charge is 0.168 e. The molecule has 9 heteroatoms. The number of piperidine rings is 1. The Bertz CT molecular complexity index is 1050. The first-order chi connectivity index (χ1) is 14.5. The van der Waals surface area contributed by atoms with Crippen molar-refractivity contribution in [3.05, 3.63) is 35.7 Å². The molecule has 0 radical (unpaired) electrons. The highest BCUT2D eigenvalue weighted by Crippen LogP contribution is 2.28. The van der Waals surface area contributed by atoms with Crippen LogP contribution in [0.3, 0.4) is 0 Å². The van der Waals surface area contributed by atoms with Crippen LogP contribution in [0.1, 0.15) is 38.8 Å². The van der Waals surface area contributed by atoms with Crippen LogP contribution in [0.15, 0.2) is 18.3 Å². The second-order valence-electron chi connectivity index (χ2n) is 7.61. The van der Waals surface area contributed by atoms with E-state index in [1.807, 2.05) is 13.8 Å². The van der Waals surface area contributed by atoms with Crippen molar-refractivity contribution in [1.82, 2.24) is 24.9 Å². The SMILES string of the molecule is CCCc1nn2c(-c3nc(NC4CCCN[C@@H]4C)c(F)cc3F)cnc2cc1OC. The van der Waals surface area contributed by atoms with Gasteiger partial charge in [-0.05, 0) is 32.7 Å². The van der Waals surface area contributed by atoms with Crippen molar-refractivity contribution in [3.8, 4) is 17.1 Å². The maximum atomic E-state index is 14.7. The minimum absolute atomic E-state index is 0.00272. The highest BCUT2D eigenvalue weighted by molar-refractivity contribution is 5.63. The number of pyridine rings is 1. The molecule has 0 aliphatic carbocycles. The van der Waals surface area contributed by atoms with Crippen LogP contribution in [0.25, 0.3) is 17.0 Å². The largest absolute Gasteiger partial charge is 0.495 e. The summed E-state index contributed by atoms with van der Waals surface area (Å²) in [5.41, 5.74) is 1.62. The van der Waals surface area contributed by atoms with E-state index in [9.17, 15) is 8.78 Å². The Kier molecular flexibility index (Phi) is 5.80. The predicted molar refractivity (Wildman–Crippen MR) is 111 cm³/mol. The van der Waals surface area contributed by atoms with Crippen LogP contribution in [0, 0.1) is 11.6 Å². The monoisotopic (exact) mass is 416 g/mol. The van der Waals surface area contributed by atoms with E-state index in [2.05, 4.69) is 25.7 Å². The number of halogens is 2. The Morgan fingerprint density at radius 2 is 2.13 bits per heavy atom. The molecule has 1 aliphatic rings. The topological polar surface area (TPSA) is 76.4 Å². The van der Waals surface area contributed by atoms with Gasteiger partial charge in [-0.15, -0.1) is 0 Å². The quantitative estimate of drug-likeness (QED) is 0.640. The minimum atomic E-state index is -0.760. The second-order valence-corrected chi connectivity index (χ2v) is 7.61. The number of nitrogens with one attached hydrogen (secondary N) is 2. The molecule has 4 heterocycles. The van der Waals surface area contributed by atoms with E-state index in [1.165, 1.54) is 10.7 Å². The number of nitrogens with zero attached hydrogens (tertiary/aromatic N) is 4. The van der Waals surface area contributed by atoms with Gasteiger partial charge in [0.05, 0.1) is 13.3 Å². The number of methoxy groups -OCH3 is 1. The van der Waals surface area contributed by atoms with E-state index >= 15 is 0 Å². The van der Waals surface area contributed by atoms with Crippen LogP contribution in [0.2, 0.25) is 0 Å². The number of aromatic nitrogens is 4. The lowest BCUT2D eigenvalue weighted by atomic mass is 10.00. The fourth-order valence-corrected chi connectivity index (χ4v) is 3.85. The summed E-state index contributed by atoms with van der Waals surface area (Å²) in [5.74, 6) is -0.812. The van der Waals surface area contributed by atoms with Crippen molar-refractivity contribution in [2.75, 3.05) is 19.0 Å². The van der Waals surface area contributed by atoms with E-state index in [-0.39, 0.29) is 23.6 Å². The molecule has 3 aromatic heterocycles. The first-order valence-corrected chi connectivity index (χ1v) is 10.3. The number of aryl methyl sites for hydroxylation is 1. The number of rotatable bonds is 6. The normalized spacial score (nSPS) is 19.2. The molecule has 7 nitrogen and oxygen atoms in total. The molecule has 2 N–H and O–H groups in total. The van der Waals surface area contributed by atoms with Gasteiger partial charge in [0.1, 0.15) is 22.8 Å². The number of anilines is 1. The van der Waals surface area contributed by atoms with Crippen LogP contribution >= 0.6 is 0 Å². The molecule has 0 aromatic carbocycles. The molecule has 1 aliphatic heterocycles. The van der Waals surface area contributed by atoms with Gasteiger partial charge in [0.15, 0.2) is 23.1 Å². The first-order valence-electron chi connectivity index (χ1n) is 10.3. The highest BCUT2D eigenvalue weighted by atomic mass is 19.1. The van der Waals surface area contributed by atoms with Gasteiger partial charge in [0, 0.05) is 24.2 Å². The molecule has 0 spiro atoms. The zero-order chi connectivity index (χ0) is 21.3. The summed E-state index contributed by atoms with van der Waals surface area (Å²) >= 11 is 0. The van der Waals surface area contributed by atoms with Crippen LogP contribution in [-0.2, 0) is 6.42 Å². The molecule has 1 unspecified atom stereocenters. The second kappa shape index (κ2) is 8.51. The van der Waals surface area contributed by atoms with E-state index in [4.69, 9.17) is 4.74 Å². The van der Waals surface area contributed by atoms with Crippen LogP contribution in [-0.4, -0.2) is 45.3 Å². The zero-order valence-electron chi connectivity index (χ0n) is 17.4. The molecule has 3 aromatic rings. The molecule has 0 bridgehead atoms. The Balaban J connectivity index is 1.76. The number of hydrogen-bond acceptors (Lipinski definition) is 6. The number of fused-ring (bicyclic) bond motifs is 1. The summed E-state index contributed by atoms with van der Waals surface area (Å²) in [4.78, 5) is 8.61. The Labute approximate surface area is 173 Å². The third kappa shape index (κ3) is 3.81. The summed E-state index contributed by atoms with van der Waals surface area (Å²) in [7, 11) is 1.58. The summed E-state index contributed by atoms with van der Waals surface area (Å²) in [5, 5.41) is 11.1. The van der Waals surface area contributed by atoms with Gasteiger partial charge in [-0.1, -0.05) is 13.3 Å². The van der Waals surface area contributed by atoms with E-state index in [0.717, 1.165) is 37.6 Å². The van der Waals surface area contributed by atoms with Gasteiger partial charge in [0.25, 0.3) is 0 Å². The molecular weight excluding hydrogens is 390 g/mol. The lowest BCUT2D eigenvalue weighted by Gasteiger charge is -2.31. The molecular formula is C21H26F2N6O. The van der Waals surface area contributed by atoms with Gasteiger partial charge < -0.3 is 15.4 Å². The van der Waals surface area contributed by atoms with Crippen LogP contribution in [0.4, 0.5) is 14.6 Å².